The molecule has 0 atom stereocenters. The largest absolute Gasteiger partial charge is 0.490 e. The molecule has 1 amide bonds. The Morgan fingerprint density at radius 3 is 2.95 bits per heavy atom. The third-order valence-electron chi connectivity index (χ3n) is 3.50. The zero-order chi connectivity index (χ0) is 13.7. The summed E-state index contributed by atoms with van der Waals surface area (Å²) in [6, 6.07) is 0. The molecule has 2 aliphatic heterocycles. The standard InChI is InChI=1S/C14H21N3O2/c1-11-2-5-17(6-3-11)14(18)12-8-13(9-15)19-7-4-16-10-12/h8-11H,2-7,15H2,1H3/b12-8+,13-9-,16-10-. The van der Waals surface area contributed by atoms with Gasteiger partial charge in [-0.2, -0.15) is 0 Å². The number of likely N-dealkylation sites (tertiary alicyclic amines) is 1. The lowest BCUT2D eigenvalue weighted by Crippen LogP contribution is -2.39. The van der Waals surface area contributed by atoms with E-state index in [9.17, 15) is 4.79 Å². The molecule has 0 radical (unpaired) electrons. The Morgan fingerprint density at radius 2 is 2.26 bits per heavy atom. The van der Waals surface area contributed by atoms with Crippen molar-refractivity contribution in [2.24, 2.45) is 16.6 Å². The second-order valence-electron chi connectivity index (χ2n) is 5.03. The molecule has 5 nitrogen and oxygen atoms in total. The van der Waals surface area contributed by atoms with Gasteiger partial charge in [-0.25, -0.2) is 0 Å². The van der Waals surface area contributed by atoms with Crippen LogP contribution in [0.15, 0.2) is 28.6 Å². The van der Waals surface area contributed by atoms with E-state index in [0.29, 0.717) is 30.4 Å². The first-order valence-corrected chi connectivity index (χ1v) is 6.76. The van der Waals surface area contributed by atoms with Crippen molar-refractivity contribution in [2.45, 2.75) is 19.8 Å². The van der Waals surface area contributed by atoms with Gasteiger partial charge in [0.15, 0.2) is 0 Å². The van der Waals surface area contributed by atoms with Gasteiger partial charge in [0.1, 0.15) is 12.4 Å². The minimum atomic E-state index is 0.0144. The molecule has 2 heterocycles. The van der Waals surface area contributed by atoms with Crippen molar-refractivity contribution in [1.29, 1.82) is 0 Å². The number of ether oxygens (including phenoxy) is 1. The molecule has 19 heavy (non-hydrogen) atoms. The minimum Gasteiger partial charge on any atom is -0.490 e. The number of nitrogens with zero attached hydrogens (tertiary/aromatic N) is 2. The molecule has 1 saturated heterocycles. The topological polar surface area (TPSA) is 67.9 Å². The molecule has 2 N–H and O–H groups in total. The SMILES string of the molecule is CC1CCN(C(=O)C2=C/C(=C/N)OCC/N=C\2)CC1. The lowest BCUT2D eigenvalue weighted by molar-refractivity contribution is -0.127. The van der Waals surface area contributed by atoms with Gasteiger partial charge >= 0.3 is 0 Å². The summed E-state index contributed by atoms with van der Waals surface area (Å²) < 4.78 is 5.39. The van der Waals surface area contributed by atoms with E-state index in [1.165, 1.54) is 6.20 Å². The van der Waals surface area contributed by atoms with E-state index in [1.807, 2.05) is 4.90 Å². The number of nitrogens with two attached hydrogens (primary N) is 1. The highest BCUT2D eigenvalue weighted by Gasteiger charge is 2.22. The number of carbonyl (C=O) groups excluding carboxylic acids is 1. The lowest BCUT2D eigenvalue weighted by atomic mass is 9.98. The number of aliphatic imine (C=N–C) groups is 1. The van der Waals surface area contributed by atoms with Crippen LogP contribution in [-0.2, 0) is 9.53 Å². The van der Waals surface area contributed by atoms with Gasteiger partial charge in [0.2, 0.25) is 0 Å². The zero-order valence-corrected chi connectivity index (χ0v) is 11.3. The Balaban J connectivity index is 2.11. The number of hydrogen-bond donors (Lipinski definition) is 1. The molecule has 0 spiro atoms. The van der Waals surface area contributed by atoms with E-state index in [4.69, 9.17) is 10.5 Å². The Hall–Kier alpha value is -1.78. The number of carbonyl (C=O) groups is 1. The molecular formula is C14H21N3O2. The molecule has 2 aliphatic rings. The average molecular weight is 263 g/mol. The third-order valence-corrected chi connectivity index (χ3v) is 3.50. The van der Waals surface area contributed by atoms with Crippen LogP contribution in [0.25, 0.3) is 0 Å². The molecule has 104 valence electrons. The Labute approximate surface area is 113 Å². The summed E-state index contributed by atoms with van der Waals surface area (Å²) in [6.07, 6.45) is 6.80. The van der Waals surface area contributed by atoms with Crippen molar-refractivity contribution >= 4 is 12.1 Å². The summed E-state index contributed by atoms with van der Waals surface area (Å²) in [5.74, 6) is 1.24. The van der Waals surface area contributed by atoms with Gasteiger partial charge in [0.25, 0.3) is 5.91 Å². The van der Waals surface area contributed by atoms with Crippen molar-refractivity contribution in [1.82, 2.24) is 4.90 Å². The van der Waals surface area contributed by atoms with Crippen molar-refractivity contribution in [2.75, 3.05) is 26.2 Å². The molecular weight excluding hydrogens is 242 g/mol. The van der Waals surface area contributed by atoms with Gasteiger partial charge in [-0.1, -0.05) is 6.92 Å². The van der Waals surface area contributed by atoms with Gasteiger partial charge in [-0.15, -0.1) is 0 Å². The Kier molecular flexibility index (Phi) is 4.60. The number of piperidine rings is 1. The quantitative estimate of drug-likeness (QED) is 0.769. The zero-order valence-electron chi connectivity index (χ0n) is 11.3. The van der Waals surface area contributed by atoms with Crippen molar-refractivity contribution < 1.29 is 9.53 Å². The number of rotatable bonds is 1. The molecule has 1 fully saturated rings. The van der Waals surface area contributed by atoms with Gasteiger partial charge in [0.05, 0.1) is 12.1 Å². The number of amides is 1. The number of allylic oxidation sites excluding steroid dienone is 1. The smallest absolute Gasteiger partial charge is 0.255 e. The predicted octanol–water partition coefficient (Wildman–Crippen LogP) is 1.07. The summed E-state index contributed by atoms with van der Waals surface area (Å²) in [5.41, 5.74) is 6.03. The van der Waals surface area contributed by atoms with Gasteiger partial charge in [-0.05, 0) is 24.8 Å². The molecule has 0 saturated carbocycles. The van der Waals surface area contributed by atoms with Crippen molar-refractivity contribution in [3.8, 4) is 0 Å². The van der Waals surface area contributed by atoms with E-state index in [0.717, 1.165) is 25.9 Å². The van der Waals surface area contributed by atoms with Crippen LogP contribution in [-0.4, -0.2) is 43.3 Å². The van der Waals surface area contributed by atoms with Crippen LogP contribution >= 0.6 is 0 Å². The Morgan fingerprint density at radius 1 is 1.53 bits per heavy atom. The van der Waals surface area contributed by atoms with Crippen LogP contribution < -0.4 is 5.73 Å². The summed E-state index contributed by atoms with van der Waals surface area (Å²) in [6.45, 7) is 4.88. The van der Waals surface area contributed by atoms with Gasteiger partial charge in [0, 0.05) is 25.5 Å². The highest BCUT2D eigenvalue weighted by atomic mass is 16.5. The van der Waals surface area contributed by atoms with Crippen LogP contribution in [0.3, 0.4) is 0 Å². The van der Waals surface area contributed by atoms with Gasteiger partial charge in [-0.3, -0.25) is 9.79 Å². The second-order valence-corrected chi connectivity index (χ2v) is 5.03. The average Bonchev–Trinajstić information content (AvgIpc) is 2.39. The maximum Gasteiger partial charge on any atom is 0.255 e. The van der Waals surface area contributed by atoms with Crippen molar-refractivity contribution in [3.63, 3.8) is 0 Å². The van der Waals surface area contributed by atoms with Crippen LogP contribution in [0.2, 0.25) is 0 Å². The van der Waals surface area contributed by atoms with E-state index >= 15 is 0 Å². The normalized spacial score (nSPS) is 27.9. The molecule has 0 aromatic rings. The highest BCUT2D eigenvalue weighted by molar-refractivity contribution is 6.12. The summed E-state index contributed by atoms with van der Waals surface area (Å²) >= 11 is 0. The second kappa shape index (κ2) is 6.41. The third kappa shape index (κ3) is 3.59. The molecule has 2 rings (SSSR count). The van der Waals surface area contributed by atoms with E-state index in [-0.39, 0.29) is 5.91 Å². The summed E-state index contributed by atoms with van der Waals surface area (Å²) in [4.78, 5) is 18.5. The van der Waals surface area contributed by atoms with Gasteiger partial charge < -0.3 is 15.4 Å². The maximum absolute atomic E-state index is 12.4. The van der Waals surface area contributed by atoms with E-state index in [1.54, 1.807) is 12.3 Å². The van der Waals surface area contributed by atoms with E-state index < -0.39 is 0 Å². The summed E-state index contributed by atoms with van der Waals surface area (Å²) in [7, 11) is 0. The molecule has 0 aromatic carbocycles. The fourth-order valence-corrected chi connectivity index (χ4v) is 2.22. The molecule has 0 unspecified atom stereocenters. The lowest BCUT2D eigenvalue weighted by Gasteiger charge is -2.30. The molecule has 0 aliphatic carbocycles. The number of hydrogen-bond acceptors (Lipinski definition) is 4. The van der Waals surface area contributed by atoms with Crippen LogP contribution in [0.1, 0.15) is 19.8 Å². The maximum atomic E-state index is 12.4. The fraction of sp³-hybridized carbons (Fsp3) is 0.571. The first-order chi connectivity index (χ1) is 9.20. The van der Waals surface area contributed by atoms with Crippen LogP contribution in [0, 0.1) is 5.92 Å². The van der Waals surface area contributed by atoms with Crippen LogP contribution in [0.5, 0.6) is 0 Å². The highest BCUT2D eigenvalue weighted by Crippen LogP contribution is 2.18. The minimum absolute atomic E-state index is 0.0144. The monoisotopic (exact) mass is 263 g/mol. The first-order valence-electron chi connectivity index (χ1n) is 6.76. The Bertz CT molecular complexity index is 418. The summed E-state index contributed by atoms with van der Waals surface area (Å²) in [5, 5.41) is 0. The fourth-order valence-electron chi connectivity index (χ4n) is 2.22. The molecule has 5 heteroatoms. The molecule has 0 aromatic heterocycles. The first kappa shape index (κ1) is 13.6. The van der Waals surface area contributed by atoms with Crippen LogP contribution in [0.4, 0.5) is 0 Å². The predicted molar refractivity (Wildman–Crippen MR) is 74.6 cm³/mol. The van der Waals surface area contributed by atoms with Crippen molar-refractivity contribution in [3.05, 3.63) is 23.6 Å². The molecule has 0 bridgehead atoms. The van der Waals surface area contributed by atoms with E-state index in [2.05, 4.69) is 11.9 Å².